The molecule has 3 atom stereocenters. The van der Waals surface area contributed by atoms with E-state index in [0.29, 0.717) is 38.5 Å². The number of aryl methyl sites for hydroxylation is 1. The fourth-order valence-electron chi connectivity index (χ4n) is 5.65. The van der Waals surface area contributed by atoms with Crippen LogP contribution in [0.25, 0.3) is 0 Å². The first-order valence-electron chi connectivity index (χ1n) is 14.6. The maximum absolute atomic E-state index is 14.0. The molecule has 0 aromatic heterocycles. The molecule has 1 aliphatic carbocycles. The number of hydrogen-bond acceptors (Lipinski definition) is 6. The fraction of sp³-hybridized carbons (Fsp3) is 0.581. The van der Waals surface area contributed by atoms with Gasteiger partial charge in [-0.05, 0) is 67.3 Å². The molecule has 7 nitrogen and oxygen atoms in total. The summed E-state index contributed by atoms with van der Waals surface area (Å²) in [5.41, 5.74) is 14.1. The van der Waals surface area contributed by atoms with Gasteiger partial charge in [0.15, 0.2) is 9.84 Å². The number of amides is 1. The van der Waals surface area contributed by atoms with E-state index in [0.717, 1.165) is 35.7 Å². The number of halogens is 2. The van der Waals surface area contributed by atoms with Crippen molar-refractivity contribution in [3.05, 3.63) is 70.8 Å². The van der Waals surface area contributed by atoms with E-state index in [9.17, 15) is 27.1 Å². The van der Waals surface area contributed by atoms with E-state index in [4.69, 9.17) is 11.5 Å². The van der Waals surface area contributed by atoms with E-state index >= 15 is 0 Å². The zero-order chi connectivity index (χ0) is 30.4. The molecule has 41 heavy (non-hydrogen) atoms. The van der Waals surface area contributed by atoms with Crippen LogP contribution in [0.4, 0.5) is 8.78 Å². The minimum absolute atomic E-state index is 0.0215. The highest BCUT2D eigenvalue weighted by molar-refractivity contribution is 7.92. The highest BCUT2D eigenvalue weighted by Gasteiger charge is 2.53. The number of aliphatic hydroxyl groups excluding tert-OH is 1. The van der Waals surface area contributed by atoms with Crippen LogP contribution >= 0.6 is 0 Å². The lowest BCUT2D eigenvalue weighted by molar-refractivity contribution is -0.137. The van der Waals surface area contributed by atoms with Crippen molar-refractivity contribution in [3.8, 4) is 0 Å². The zero-order valence-corrected chi connectivity index (χ0v) is 25.2. The van der Waals surface area contributed by atoms with E-state index in [-0.39, 0.29) is 18.5 Å². The third kappa shape index (κ3) is 8.34. The molecule has 0 unspecified atom stereocenters. The van der Waals surface area contributed by atoms with Crippen molar-refractivity contribution < 1.29 is 27.1 Å². The minimum Gasteiger partial charge on any atom is -0.390 e. The van der Waals surface area contributed by atoms with Crippen LogP contribution in [0, 0.1) is 11.6 Å². The smallest absolute Gasteiger partial charge is 0.241 e. The molecule has 0 spiro atoms. The van der Waals surface area contributed by atoms with Crippen molar-refractivity contribution in [1.82, 2.24) is 4.90 Å². The van der Waals surface area contributed by atoms with Crippen LogP contribution in [0.15, 0.2) is 42.5 Å². The average Bonchev–Trinajstić information content (AvgIpc) is 3.72. The van der Waals surface area contributed by atoms with Crippen molar-refractivity contribution >= 4 is 15.7 Å². The molecule has 1 aliphatic rings. The highest BCUT2D eigenvalue weighted by atomic mass is 32.2. The van der Waals surface area contributed by atoms with Gasteiger partial charge in [0.1, 0.15) is 11.6 Å². The number of benzene rings is 2. The molecular formula is C31H45F2N3O4S. The molecule has 228 valence electrons. The van der Waals surface area contributed by atoms with Crippen LogP contribution in [-0.2, 0) is 33.0 Å². The molecular weight excluding hydrogens is 548 g/mol. The van der Waals surface area contributed by atoms with Gasteiger partial charge >= 0.3 is 0 Å². The van der Waals surface area contributed by atoms with Crippen molar-refractivity contribution in [2.75, 3.05) is 12.3 Å². The Morgan fingerprint density at radius 2 is 1.61 bits per heavy atom. The number of carbonyl (C=O) groups excluding carboxylic acids is 1. The van der Waals surface area contributed by atoms with E-state index in [1.807, 2.05) is 45.0 Å². The molecule has 0 bridgehead atoms. The second-order valence-electron chi connectivity index (χ2n) is 11.4. The maximum Gasteiger partial charge on any atom is 0.241 e. The van der Waals surface area contributed by atoms with Gasteiger partial charge in [-0.1, -0.05) is 57.9 Å². The minimum atomic E-state index is -3.65. The lowest BCUT2D eigenvalue weighted by atomic mass is 9.96. The Balaban J connectivity index is 1.89. The molecule has 10 heteroatoms. The van der Waals surface area contributed by atoms with Crippen LogP contribution in [0.2, 0.25) is 0 Å². The van der Waals surface area contributed by atoms with Crippen molar-refractivity contribution in [1.29, 1.82) is 0 Å². The average molecular weight is 594 g/mol. The second kappa shape index (κ2) is 14.2. The molecule has 0 radical (unpaired) electrons. The summed E-state index contributed by atoms with van der Waals surface area (Å²) < 4.78 is 54.0. The topological polar surface area (TPSA) is 127 Å². The molecule has 2 aromatic carbocycles. The summed E-state index contributed by atoms with van der Waals surface area (Å²) in [6, 6.07) is 8.67. The molecule has 0 aliphatic heterocycles. The summed E-state index contributed by atoms with van der Waals surface area (Å²) in [4.78, 5) is 15.5. The summed E-state index contributed by atoms with van der Waals surface area (Å²) >= 11 is 0. The van der Waals surface area contributed by atoms with Gasteiger partial charge in [-0.25, -0.2) is 17.2 Å². The Bertz CT molecular complexity index is 1260. The lowest BCUT2D eigenvalue weighted by Crippen LogP contribution is -2.56. The third-order valence-corrected chi connectivity index (χ3v) is 10.4. The Morgan fingerprint density at radius 3 is 2.15 bits per heavy atom. The zero-order valence-electron chi connectivity index (χ0n) is 24.4. The number of aliphatic hydroxyl groups is 1. The van der Waals surface area contributed by atoms with Crippen LogP contribution in [0.5, 0.6) is 0 Å². The molecule has 1 fully saturated rings. The third-order valence-electron chi connectivity index (χ3n) is 8.09. The first-order chi connectivity index (χ1) is 19.4. The van der Waals surface area contributed by atoms with Crippen molar-refractivity contribution in [3.63, 3.8) is 0 Å². The predicted molar refractivity (Wildman–Crippen MR) is 158 cm³/mol. The largest absolute Gasteiger partial charge is 0.390 e. The number of nitrogens with two attached hydrogens (primary N) is 2. The summed E-state index contributed by atoms with van der Waals surface area (Å²) in [6.07, 6.45) is 3.17. The van der Waals surface area contributed by atoms with Gasteiger partial charge in [0.25, 0.3) is 0 Å². The van der Waals surface area contributed by atoms with Crippen LogP contribution in [-0.4, -0.2) is 60.1 Å². The van der Waals surface area contributed by atoms with Gasteiger partial charge < -0.3 is 21.5 Å². The highest BCUT2D eigenvalue weighted by Crippen LogP contribution is 2.51. The van der Waals surface area contributed by atoms with Gasteiger partial charge in [0, 0.05) is 18.7 Å². The number of nitrogens with zero attached hydrogens (tertiary/aromatic N) is 1. The standard InChI is InChI=1S/C31H45F2N3O4S/c1-4-8-26(9-5-2)41(39,40)20-28(35)30(38)36(31(12-13-31)23-11-7-10-21(6-3)14-23)19-29(37)27(34)17-22-15-24(32)18-25(33)16-22/h7,10-11,14-16,18,26-29,37H,4-6,8-9,12-13,17,19-20,34-35H2,1-3H3/t27-,28+,29+/m0/s1. The first kappa shape index (κ1) is 33.1. The van der Waals surface area contributed by atoms with E-state index in [1.165, 1.54) is 4.90 Å². The monoisotopic (exact) mass is 593 g/mol. The van der Waals surface area contributed by atoms with E-state index in [2.05, 4.69) is 0 Å². The molecule has 1 saturated carbocycles. The van der Waals surface area contributed by atoms with Crippen LogP contribution in [0.1, 0.15) is 76.0 Å². The number of hydrogen-bond donors (Lipinski definition) is 3. The van der Waals surface area contributed by atoms with Gasteiger partial charge in [0.2, 0.25) is 5.91 Å². The SMILES string of the molecule is CCCC(CCC)S(=O)(=O)C[C@@H](N)C(=O)N(C[C@@H](O)[C@@H](N)Cc1cc(F)cc(F)c1)C1(c2cccc(CC)c2)CC1. The molecule has 2 aromatic rings. The molecule has 3 rings (SSSR count). The van der Waals surface area contributed by atoms with E-state index < -0.39 is 62.1 Å². The normalized spacial score (nSPS) is 16.8. The van der Waals surface area contributed by atoms with Gasteiger partial charge in [-0.15, -0.1) is 0 Å². The van der Waals surface area contributed by atoms with Crippen LogP contribution in [0.3, 0.4) is 0 Å². The molecule has 0 heterocycles. The number of carbonyl (C=O) groups is 1. The Hall–Kier alpha value is -2.40. The van der Waals surface area contributed by atoms with Crippen LogP contribution < -0.4 is 11.5 Å². The van der Waals surface area contributed by atoms with Crippen molar-refractivity contribution in [2.45, 2.75) is 101 Å². The van der Waals surface area contributed by atoms with Gasteiger partial charge in [-0.3, -0.25) is 4.79 Å². The van der Waals surface area contributed by atoms with E-state index in [1.54, 1.807) is 0 Å². The molecule has 1 amide bonds. The molecule has 0 saturated heterocycles. The summed E-state index contributed by atoms with van der Waals surface area (Å²) in [7, 11) is -3.65. The molecule has 5 N–H and O–H groups in total. The summed E-state index contributed by atoms with van der Waals surface area (Å²) in [5.74, 6) is -2.54. The number of sulfone groups is 1. The Morgan fingerprint density at radius 1 is 1.00 bits per heavy atom. The second-order valence-corrected chi connectivity index (χ2v) is 13.7. The summed E-state index contributed by atoms with van der Waals surface area (Å²) in [6.45, 7) is 5.68. The van der Waals surface area contributed by atoms with Gasteiger partial charge in [-0.2, -0.15) is 0 Å². The Labute approximate surface area is 243 Å². The quantitative estimate of drug-likeness (QED) is 0.270. The van der Waals surface area contributed by atoms with Gasteiger partial charge in [0.05, 0.1) is 28.7 Å². The lowest BCUT2D eigenvalue weighted by Gasteiger charge is -2.37. The fourth-order valence-corrected chi connectivity index (χ4v) is 7.76. The Kier molecular flexibility index (Phi) is 11.4. The predicted octanol–water partition coefficient (Wildman–Crippen LogP) is 3.99. The summed E-state index contributed by atoms with van der Waals surface area (Å²) in [5, 5.41) is 10.6. The number of rotatable bonds is 16. The first-order valence-corrected chi connectivity index (χ1v) is 16.3. The maximum atomic E-state index is 14.0. The van der Waals surface area contributed by atoms with Crippen molar-refractivity contribution in [2.24, 2.45) is 11.5 Å².